The average Bonchev–Trinajstić information content (AvgIpc) is 1.56. The number of hydrogen-bond acceptors (Lipinski definition) is 0. The Balaban J connectivity index is 4.49. The molecule has 0 N–H and O–H groups in total. The monoisotopic (exact) mass is 177 g/mol. The van der Waals surface area contributed by atoms with Crippen molar-refractivity contribution in [2.45, 2.75) is 13.1 Å². The summed E-state index contributed by atoms with van der Waals surface area (Å²) in [5.41, 5.74) is -1.62. The fourth-order valence-electron chi connectivity index (χ4n) is 0.378. The zero-order chi connectivity index (χ0) is 9.28. The minimum absolute atomic E-state index is 0.384. The highest BCUT2D eigenvalue weighted by molar-refractivity contribution is 6.64. The summed E-state index contributed by atoms with van der Waals surface area (Å²) in [6.07, 6.45) is -4.88. The second kappa shape index (κ2) is 2.79. The Morgan fingerprint density at radius 2 is 1.55 bits per heavy atom. The molecule has 0 nitrogen and oxygen atoms in total. The van der Waals surface area contributed by atoms with Gasteiger partial charge in [0.2, 0.25) is 0 Å². The van der Waals surface area contributed by atoms with Crippen LogP contribution >= 0.6 is 0 Å². The molecule has 11 heavy (non-hydrogen) atoms. The minimum Gasteiger partial charge on any atom is -0.445 e. The molecule has 0 aromatic heterocycles. The summed E-state index contributed by atoms with van der Waals surface area (Å²) in [4.78, 5) is 0. The molecule has 0 heterocycles. The Hall–Kier alpha value is -0.615. The lowest BCUT2D eigenvalue weighted by molar-refractivity contribution is -0.0913. The lowest BCUT2D eigenvalue weighted by Crippen LogP contribution is -2.17. The standard InChI is InChI=1S/C4H4BF6/c1-3(4(6,7)8)2-5(9,10)11/h2H,1H3/q-1/b3-2+. The van der Waals surface area contributed by atoms with E-state index in [2.05, 4.69) is 0 Å². The van der Waals surface area contributed by atoms with Gasteiger partial charge in [-0.15, -0.1) is 5.98 Å². The third-order valence-corrected chi connectivity index (χ3v) is 0.886. The highest BCUT2D eigenvalue weighted by Gasteiger charge is 2.32. The summed E-state index contributed by atoms with van der Waals surface area (Å²) in [5.74, 6) is -0.708. The summed E-state index contributed by atoms with van der Waals surface area (Å²) in [6, 6.07) is 0. The summed E-state index contributed by atoms with van der Waals surface area (Å²) >= 11 is 0. The Morgan fingerprint density at radius 1 is 1.18 bits per heavy atom. The number of hydrogen-bond donors (Lipinski definition) is 0. The quantitative estimate of drug-likeness (QED) is 0.426. The van der Waals surface area contributed by atoms with E-state index in [1.54, 1.807) is 0 Å². The zero-order valence-corrected chi connectivity index (χ0v) is 5.42. The SMILES string of the molecule is C/C(=C\[B-](F)(F)F)C(F)(F)F. The van der Waals surface area contributed by atoms with Gasteiger partial charge in [-0.1, -0.05) is 0 Å². The first-order valence-electron chi connectivity index (χ1n) is 2.59. The molecule has 0 aromatic carbocycles. The van der Waals surface area contributed by atoms with Gasteiger partial charge in [0, 0.05) is 0 Å². The first-order chi connectivity index (χ1) is 4.63. The molecule has 7 heteroatoms. The molecule has 0 aliphatic heterocycles. The largest absolute Gasteiger partial charge is 0.502 e. The first-order valence-corrected chi connectivity index (χ1v) is 2.59. The van der Waals surface area contributed by atoms with Crippen LogP contribution in [0.1, 0.15) is 6.92 Å². The smallest absolute Gasteiger partial charge is 0.445 e. The number of halogens is 6. The van der Waals surface area contributed by atoms with E-state index >= 15 is 0 Å². The first kappa shape index (κ1) is 10.4. The molecular formula is C4H4BF6-. The van der Waals surface area contributed by atoms with Crippen LogP contribution in [0.4, 0.5) is 26.1 Å². The molecule has 0 atom stereocenters. The number of rotatable bonds is 1. The molecular weight excluding hydrogens is 173 g/mol. The van der Waals surface area contributed by atoms with E-state index in [0.717, 1.165) is 0 Å². The summed E-state index contributed by atoms with van der Waals surface area (Å²) in [7, 11) is 0. The van der Waals surface area contributed by atoms with Gasteiger partial charge in [-0.3, -0.25) is 0 Å². The van der Waals surface area contributed by atoms with Crippen molar-refractivity contribution in [2.24, 2.45) is 0 Å². The lowest BCUT2D eigenvalue weighted by atomic mass is 9.89. The van der Waals surface area contributed by atoms with E-state index in [4.69, 9.17) is 0 Å². The van der Waals surface area contributed by atoms with Crippen LogP contribution in [-0.2, 0) is 0 Å². The molecule has 0 fully saturated rings. The molecule has 0 aliphatic carbocycles. The predicted molar refractivity (Wildman–Crippen MR) is 28.9 cm³/mol. The van der Waals surface area contributed by atoms with Crippen LogP contribution in [0.2, 0.25) is 0 Å². The molecule has 0 aliphatic rings. The molecule has 66 valence electrons. The van der Waals surface area contributed by atoms with Crippen LogP contribution in [0, 0.1) is 0 Å². The number of alkyl halides is 3. The van der Waals surface area contributed by atoms with Crippen molar-refractivity contribution < 1.29 is 26.1 Å². The second-order valence-electron chi connectivity index (χ2n) is 1.97. The molecule has 0 aromatic rings. The van der Waals surface area contributed by atoms with Gasteiger partial charge in [-0.05, 0) is 12.5 Å². The van der Waals surface area contributed by atoms with Crippen LogP contribution in [0.25, 0.3) is 0 Å². The van der Waals surface area contributed by atoms with Crippen molar-refractivity contribution in [3.63, 3.8) is 0 Å². The van der Waals surface area contributed by atoms with Crippen LogP contribution < -0.4 is 0 Å². The summed E-state index contributed by atoms with van der Waals surface area (Å²) in [5, 5.41) is 0. The van der Waals surface area contributed by atoms with E-state index in [1.807, 2.05) is 0 Å². The third-order valence-electron chi connectivity index (χ3n) is 0.886. The van der Waals surface area contributed by atoms with E-state index in [-0.39, 0.29) is 0 Å². The maximum atomic E-state index is 11.4. The highest BCUT2D eigenvalue weighted by atomic mass is 19.4. The number of allylic oxidation sites excluding steroid dienone is 1. The molecule has 0 amide bonds. The average molecular weight is 177 g/mol. The van der Waals surface area contributed by atoms with Crippen molar-refractivity contribution in [1.29, 1.82) is 0 Å². The molecule has 0 bridgehead atoms. The molecule has 0 saturated carbocycles. The maximum Gasteiger partial charge on any atom is 0.502 e. The van der Waals surface area contributed by atoms with E-state index < -0.39 is 24.7 Å². The fourth-order valence-corrected chi connectivity index (χ4v) is 0.378. The predicted octanol–water partition coefficient (Wildman–Crippen LogP) is 2.88. The molecule has 0 radical (unpaired) electrons. The Morgan fingerprint density at radius 3 is 1.64 bits per heavy atom. The normalized spacial score (nSPS) is 15.4. The highest BCUT2D eigenvalue weighted by Crippen LogP contribution is 2.27. The maximum absolute atomic E-state index is 11.4. The van der Waals surface area contributed by atoms with Gasteiger partial charge in [0.05, 0.1) is 0 Å². The molecule has 0 spiro atoms. The van der Waals surface area contributed by atoms with Crippen molar-refractivity contribution in [3.8, 4) is 0 Å². The van der Waals surface area contributed by atoms with E-state index in [9.17, 15) is 26.1 Å². The van der Waals surface area contributed by atoms with Crippen LogP contribution in [0.5, 0.6) is 0 Å². The zero-order valence-electron chi connectivity index (χ0n) is 5.42. The third kappa shape index (κ3) is 4.75. The van der Waals surface area contributed by atoms with Crippen molar-refractivity contribution in [3.05, 3.63) is 11.5 Å². The summed E-state index contributed by atoms with van der Waals surface area (Å²) in [6.45, 7) is -5.11. The molecule has 0 rings (SSSR count). The molecule has 0 saturated heterocycles. The van der Waals surface area contributed by atoms with Crippen molar-refractivity contribution in [2.75, 3.05) is 0 Å². The Labute approximate surface area is 58.9 Å². The van der Waals surface area contributed by atoms with Crippen molar-refractivity contribution >= 4 is 6.98 Å². The fraction of sp³-hybridized carbons (Fsp3) is 0.500. The van der Waals surface area contributed by atoms with Gasteiger partial charge in [-0.25, -0.2) is 0 Å². The van der Waals surface area contributed by atoms with Crippen molar-refractivity contribution in [1.82, 2.24) is 0 Å². The topological polar surface area (TPSA) is 0 Å². The van der Waals surface area contributed by atoms with Gasteiger partial charge >= 0.3 is 13.2 Å². The molecule has 0 unspecified atom stereocenters. The lowest BCUT2D eigenvalue weighted by Gasteiger charge is -2.12. The van der Waals surface area contributed by atoms with E-state index in [0.29, 0.717) is 6.92 Å². The summed E-state index contributed by atoms with van der Waals surface area (Å²) < 4.78 is 68.2. The van der Waals surface area contributed by atoms with Gasteiger partial charge in [0.25, 0.3) is 0 Å². The van der Waals surface area contributed by atoms with Gasteiger partial charge in [0.1, 0.15) is 0 Å². The van der Waals surface area contributed by atoms with Crippen LogP contribution in [0.15, 0.2) is 11.5 Å². The van der Waals surface area contributed by atoms with Gasteiger partial charge in [0.15, 0.2) is 0 Å². The van der Waals surface area contributed by atoms with E-state index in [1.165, 1.54) is 0 Å². The Bertz CT molecular complexity index is 162. The van der Waals surface area contributed by atoms with Crippen LogP contribution in [0.3, 0.4) is 0 Å². The van der Waals surface area contributed by atoms with Gasteiger partial charge in [-0.2, -0.15) is 13.2 Å². The Kier molecular flexibility index (Phi) is 2.63. The van der Waals surface area contributed by atoms with Crippen LogP contribution in [-0.4, -0.2) is 13.2 Å². The second-order valence-corrected chi connectivity index (χ2v) is 1.97. The minimum atomic E-state index is -5.49. The van der Waals surface area contributed by atoms with Gasteiger partial charge < -0.3 is 12.9 Å².